The lowest BCUT2D eigenvalue weighted by Crippen LogP contribution is -2.26. The summed E-state index contributed by atoms with van der Waals surface area (Å²) >= 11 is 6.28. The first-order chi connectivity index (χ1) is 8.63. The van der Waals surface area contributed by atoms with Crippen LogP contribution in [0.1, 0.15) is 37.9 Å². The van der Waals surface area contributed by atoms with Crippen LogP contribution < -0.4 is 4.90 Å². The molecule has 1 atom stereocenters. The summed E-state index contributed by atoms with van der Waals surface area (Å²) in [5.74, 6) is 0. The molecular weight excluding hydrogens is 248 g/mol. The number of nitrogens with zero attached hydrogens (tertiary/aromatic N) is 2. The molecule has 2 rings (SSSR count). The second kappa shape index (κ2) is 5.60. The molecule has 0 aromatic heterocycles. The van der Waals surface area contributed by atoms with Crippen molar-refractivity contribution in [1.29, 1.82) is 5.26 Å². The van der Waals surface area contributed by atoms with E-state index in [1.807, 2.05) is 18.2 Å². The van der Waals surface area contributed by atoms with Gasteiger partial charge >= 0.3 is 0 Å². The molecule has 1 N–H and O–H groups in total. The summed E-state index contributed by atoms with van der Waals surface area (Å²) in [6.45, 7) is 2.44. The first kappa shape index (κ1) is 13.2. The zero-order valence-corrected chi connectivity index (χ0v) is 11.2. The summed E-state index contributed by atoms with van der Waals surface area (Å²) in [5, 5.41) is 18.9. The number of aliphatic hydroxyl groups excluding tert-OH is 1. The van der Waals surface area contributed by atoms with Crippen molar-refractivity contribution in [3.63, 3.8) is 0 Å². The Kier molecular flexibility index (Phi) is 4.11. The van der Waals surface area contributed by atoms with Gasteiger partial charge in [-0.05, 0) is 37.5 Å². The summed E-state index contributed by atoms with van der Waals surface area (Å²) < 4.78 is 0. The fraction of sp³-hybridized carbons (Fsp3) is 0.500. The van der Waals surface area contributed by atoms with Crippen LogP contribution in [0.25, 0.3) is 0 Å². The van der Waals surface area contributed by atoms with E-state index in [0.717, 1.165) is 17.8 Å². The molecule has 1 saturated carbocycles. The van der Waals surface area contributed by atoms with E-state index in [1.165, 1.54) is 12.8 Å². The van der Waals surface area contributed by atoms with Crippen LogP contribution in [0.15, 0.2) is 18.2 Å². The lowest BCUT2D eigenvalue weighted by Gasteiger charge is -2.25. The number of aliphatic hydroxyl groups is 1. The van der Waals surface area contributed by atoms with Gasteiger partial charge in [-0.3, -0.25) is 0 Å². The normalized spacial score (nSPS) is 16.1. The number of halogens is 1. The predicted molar refractivity (Wildman–Crippen MR) is 72.7 cm³/mol. The third-order valence-corrected chi connectivity index (χ3v) is 3.52. The molecular formula is C14H17ClN2O. The second-order valence-electron chi connectivity index (χ2n) is 4.72. The summed E-state index contributed by atoms with van der Waals surface area (Å²) in [7, 11) is 0. The van der Waals surface area contributed by atoms with E-state index in [4.69, 9.17) is 16.9 Å². The molecule has 0 bridgehead atoms. The van der Waals surface area contributed by atoms with E-state index in [9.17, 15) is 5.11 Å². The van der Waals surface area contributed by atoms with Crippen molar-refractivity contribution in [2.45, 2.75) is 38.3 Å². The van der Waals surface area contributed by atoms with Crippen LogP contribution in [0.3, 0.4) is 0 Å². The summed E-state index contributed by atoms with van der Waals surface area (Å²) in [5.41, 5.74) is 1.79. The van der Waals surface area contributed by atoms with Crippen molar-refractivity contribution in [2.75, 3.05) is 11.4 Å². The topological polar surface area (TPSA) is 47.3 Å². The molecule has 4 heteroatoms. The van der Waals surface area contributed by atoms with Gasteiger partial charge in [-0.25, -0.2) is 0 Å². The lowest BCUT2D eigenvalue weighted by atomic mass is 10.1. The first-order valence-corrected chi connectivity index (χ1v) is 6.62. The van der Waals surface area contributed by atoms with Gasteiger partial charge in [0.05, 0.1) is 29.3 Å². The van der Waals surface area contributed by atoms with Crippen LogP contribution in [0.4, 0.5) is 5.69 Å². The van der Waals surface area contributed by atoms with Gasteiger partial charge in [-0.1, -0.05) is 17.7 Å². The van der Waals surface area contributed by atoms with Crippen LogP contribution in [0, 0.1) is 11.3 Å². The smallest absolute Gasteiger partial charge is 0.0762 e. The third-order valence-electron chi connectivity index (χ3n) is 3.22. The molecule has 1 fully saturated rings. The largest absolute Gasteiger partial charge is 0.389 e. The quantitative estimate of drug-likeness (QED) is 0.888. The molecule has 0 aliphatic heterocycles. The molecule has 0 amide bonds. The number of nitriles is 1. The molecule has 18 heavy (non-hydrogen) atoms. The molecule has 0 saturated heterocycles. The third kappa shape index (κ3) is 2.95. The predicted octanol–water partition coefficient (Wildman–Crippen LogP) is 3.28. The van der Waals surface area contributed by atoms with Crippen molar-refractivity contribution < 1.29 is 5.11 Å². The number of anilines is 1. The van der Waals surface area contributed by atoms with Crippen molar-refractivity contribution in [2.24, 2.45) is 0 Å². The highest BCUT2D eigenvalue weighted by atomic mass is 35.5. The molecule has 0 heterocycles. The van der Waals surface area contributed by atoms with Gasteiger partial charge in [0.25, 0.3) is 0 Å². The Bertz CT molecular complexity index is 463. The average molecular weight is 265 g/mol. The minimum Gasteiger partial charge on any atom is -0.389 e. The summed E-state index contributed by atoms with van der Waals surface area (Å²) in [6.07, 6.45) is 2.33. The Balaban J connectivity index is 2.22. The Morgan fingerprint density at radius 1 is 1.56 bits per heavy atom. The van der Waals surface area contributed by atoms with Gasteiger partial charge in [0, 0.05) is 12.6 Å². The van der Waals surface area contributed by atoms with E-state index < -0.39 is 6.10 Å². The zero-order chi connectivity index (χ0) is 13.1. The Hall–Kier alpha value is -1.24. The van der Waals surface area contributed by atoms with E-state index in [0.29, 0.717) is 17.5 Å². The van der Waals surface area contributed by atoms with E-state index in [-0.39, 0.29) is 0 Å². The SMILES string of the molecule is C[C@H](O)c1ccc(N(CCC#N)C2CC2)c(Cl)c1. The van der Waals surface area contributed by atoms with E-state index >= 15 is 0 Å². The number of hydrogen-bond donors (Lipinski definition) is 1. The van der Waals surface area contributed by atoms with Crippen LogP contribution in [0.2, 0.25) is 5.02 Å². The zero-order valence-electron chi connectivity index (χ0n) is 10.4. The Morgan fingerprint density at radius 2 is 2.28 bits per heavy atom. The maximum Gasteiger partial charge on any atom is 0.0762 e. The highest BCUT2D eigenvalue weighted by Gasteiger charge is 2.30. The number of benzene rings is 1. The maximum absolute atomic E-state index is 9.53. The molecule has 0 spiro atoms. The minimum atomic E-state index is -0.509. The molecule has 0 radical (unpaired) electrons. The molecule has 1 aliphatic carbocycles. The highest BCUT2D eigenvalue weighted by molar-refractivity contribution is 6.33. The van der Waals surface area contributed by atoms with Crippen LogP contribution in [0.5, 0.6) is 0 Å². The number of rotatable bonds is 5. The summed E-state index contributed by atoms with van der Waals surface area (Å²) in [4.78, 5) is 2.21. The van der Waals surface area contributed by atoms with E-state index in [2.05, 4.69) is 11.0 Å². The molecule has 1 aliphatic rings. The second-order valence-corrected chi connectivity index (χ2v) is 5.13. The number of hydrogen-bond acceptors (Lipinski definition) is 3. The van der Waals surface area contributed by atoms with Gasteiger partial charge in [0.15, 0.2) is 0 Å². The van der Waals surface area contributed by atoms with E-state index in [1.54, 1.807) is 6.92 Å². The van der Waals surface area contributed by atoms with Gasteiger partial charge < -0.3 is 10.0 Å². The lowest BCUT2D eigenvalue weighted by molar-refractivity contribution is 0.199. The van der Waals surface area contributed by atoms with Crippen LogP contribution in [-0.2, 0) is 0 Å². The van der Waals surface area contributed by atoms with Crippen LogP contribution >= 0.6 is 11.6 Å². The Morgan fingerprint density at radius 3 is 2.78 bits per heavy atom. The molecule has 3 nitrogen and oxygen atoms in total. The molecule has 1 aromatic carbocycles. The first-order valence-electron chi connectivity index (χ1n) is 6.24. The fourth-order valence-electron chi connectivity index (χ4n) is 2.07. The van der Waals surface area contributed by atoms with Crippen molar-refractivity contribution >= 4 is 17.3 Å². The van der Waals surface area contributed by atoms with Crippen LogP contribution in [-0.4, -0.2) is 17.7 Å². The van der Waals surface area contributed by atoms with Gasteiger partial charge in [-0.2, -0.15) is 5.26 Å². The van der Waals surface area contributed by atoms with Gasteiger partial charge in [0.1, 0.15) is 0 Å². The average Bonchev–Trinajstić information content (AvgIpc) is 3.15. The maximum atomic E-state index is 9.53. The van der Waals surface area contributed by atoms with Crippen molar-refractivity contribution in [3.8, 4) is 6.07 Å². The van der Waals surface area contributed by atoms with Gasteiger partial charge in [-0.15, -0.1) is 0 Å². The molecule has 0 unspecified atom stereocenters. The van der Waals surface area contributed by atoms with Crippen molar-refractivity contribution in [1.82, 2.24) is 0 Å². The highest BCUT2D eigenvalue weighted by Crippen LogP contribution is 2.36. The molecule has 96 valence electrons. The fourth-order valence-corrected chi connectivity index (χ4v) is 2.37. The Labute approximate surface area is 113 Å². The minimum absolute atomic E-state index is 0.505. The van der Waals surface area contributed by atoms with Crippen molar-refractivity contribution in [3.05, 3.63) is 28.8 Å². The monoisotopic (exact) mass is 264 g/mol. The van der Waals surface area contributed by atoms with Gasteiger partial charge in [0.2, 0.25) is 0 Å². The molecule has 1 aromatic rings. The standard InChI is InChI=1S/C14H17ClN2O/c1-10(18)11-3-6-14(13(15)9-11)17(8-2-7-16)12-4-5-12/h3,6,9-10,12,18H,2,4-5,8H2,1H3/t10-/m0/s1. The summed E-state index contributed by atoms with van der Waals surface area (Å²) in [6, 6.07) is 8.35.